The molecule has 1 aliphatic carbocycles. The fourth-order valence-corrected chi connectivity index (χ4v) is 7.79. The van der Waals surface area contributed by atoms with Crippen molar-refractivity contribution < 1.29 is 36.7 Å². The van der Waals surface area contributed by atoms with Crippen LogP contribution in [-0.4, -0.2) is 74.6 Å². The van der Waals surface area contributed by atoms with Crippen LogP contribution in [0.3, 0.4) is 0 Å². The Balaban J connectivity index is 1.52. The fraction of sp³-hybridized carbons (Fsp3) is 0.516. The summed E-state index contributed by atoms with van der Waals surface area (Å²) in [6.45, 7) is 0.637. The minimum Gasteiger partial charge on any atom is -0.366 e. The van der Waals surface area contributed by atoms with Crippen LogP contribution in [-0.2, 0) is 24.5 Å². The Morgan fingerprint density at radius 1 is 1.16 bits per heavy atom. The smallest absolute Gasteiger partial charge is 0.249 e. The first kappa shape index (κ1) is 33.4. The van der Waals surface area contributed by atoms with E-state index in [0.717, 1.165) is 6.08 Å². The quantitative estimate of drug-likeness (QED) is 0.217. The van der Waals surface area contributed by atoms with Gasteiger partial charge < -0.3 is 20.7 Å². The first-order valence-electron chi connectivity index (χ1n) is 14.6. The Bertz CT molecular complexity index is 1420. The number of carbonyl (C=O) groups is 3. The number of amides is 3. The lowest BCUT2D eigenvalue weighted by atomic mass is 9.46. The molecule has 2 spiro atoms. The highest BCUT2D eigenvalue weighted by molar-refractivity contribution is 6.31. The van der Waals surface area contributed by atoms with Gasteiger partial charge in [0.05, 0.1) is 38.0 Å². The van der Waals surface area contributed by atoms with E-state index in [9.17, 15) is 27.6 Å². The molecule has 3 fully saturated rings. The summed E-state index contributed by atoms with van der Waals surface area (Å²) >= 11 is 12.0. The van der Waals surface area contributed by atoms with Gasteiger partial charge in [-0.05, 0) is 55.5 Å². The van der Waals surface area contributed by atoms with E-state index in [1.807, 2.05) is 0 Å². The monoisotopic (exact) mass is 672 g/mol. The van der Waals surface area contributed by atoms with E-state index in [-0.39, 0.29) is 37.4 Å². The predicted octanol–water partition coefficient (Wildman–Crippen LogP) is 4.49. The van der Waals surface area contributed by atoms with Gasteiger partial charge in [0.2, 0.25) is 17.7 Å². The zero-order valence-electron chi connectivity index (χ0n) is 24.2. The lowest BCUT2D eigenvalue weighted by Gasteiger charge is -2.58. The Labute approximate surface area is 268 Å². The van der Waals surface area contributed by atoms with Gasteiger partial charge in [0.15, 0.2) is 0 Å². The molecule has 5 rings (SSSR count). The topological polar surface area (TPSA) is 109 Å². The van der Waals surface area contributed by atoms with Crippen molar-refractivity contribution in [3.8, 4) is 0 Å². The largest absolute Gasteiger partial charge is 0.366 e. The molecule has 4 N–H and O–H groups in total. The molecule has 4 aliphatic rings. The van der Waals surface area contributed by atoms with Crippen LogP contribution in [0.2, 0.25) is 5.02 Å². The molecule has 0 aromatic heterocycles. The van der Waals surface area contributed by atoms with E-state index in [2.05, 4.69) is 27.8 Å². The molecule has 1 aromatic rings. The average molecular weight is 674 g/mol. The van der Waals surface area contributed by atoms with Gasteiger partial charge in [-0.25, -0.2) is 8.78 Å². The molecular formula is C31H34Cl2F4N4O4. The summed E-state index contributed by atoms with van der Waals surface area (Å²) in [5.74, 6) is -4.04. The Kier molecular flexibility index (Phi) is 9.70. The van der Waals surface area contributed by atoms with Gasteiger partial charge in [-0.2, -0.15) is 0 Å². The third kappa shape index (κ3) is 5.79. The number of nitrogens with one attached hydrogen (secondary N) is 4. The number of allylic oxidation sites excluding steroid dienone is 4. The van der Waals surface area contributed by atoms with Crippen LogP contribution in [0, 0.1) is 11.3 Å². The third-order valence-electron chi connectivity index (χ3n) is 9.34. The van der Waals surface area contributed by atoms with Crippen LogP contribution in [0.4, 0.5) is 23.2 Å². The summed E-state index contributed by atoms with van der Waals surface area (Å²) in [7, 11) is 0. The molecule has 0 unspecified atom stereocenters. The molecule has 1 saturated carbocycles. The van der Waals surface area contributed by atoms with Gasteiger partial charge in [-0.15, -0.1) is 0 Å². The van der Waals surface area contributed by atoms with E-state index in [1.165, 1.54) is 24.3 Å². The van der Waals surface area contributed by atoms with Crippen molar-refractivity contribution in [2.24, 2.45) is 11.3 Å². The minimum atomic E-state index is -1.78. The first-order chi connectivity index (χ1) is 21.5. The molecule has 5 atom stereocenters. The number of hydrogen-bond acceptors (Lipinski definition) is 5. The normalized spacial score (nSPS) is 29.8. The van der Waals surface area contributed by atoms with Gasteiger partial charge in [0.25, 0.3) is 0 Å². The van der Waals surface area contributed by atoms with Crippen molar-refractivity contribution >= 4 is 46.6 Å². The number of fused-ring (bicyclic) bond motifs is 3. The van der Waals surface area contributed by atoms with Crippen LogP contribution in [0.5, 0.6) is 0 Å². The van der Waals surface area contributed by atoms with Crippen molar-refractivity contribution in [2.75, 3.05) is 38.5 Å². The van der Waals surface area contributed by atoms with E-state index in [1.54, 1.807) is 6.07 Å². The number of rotatable bonds is 10. The summed E-state index contributed by atoms with van der Waals surface area (Å²) in [6.07, 6.45) is 3.14. The third-order valence-corrected chi connectivity index (χ3v) is 9.70. The zero-order chi connectivity index (χ0) is 32.6. The number of hydrogen-bond donors (Lipinski definition) is 4. The van der Waals surface area contributed by atoms with Crippen LogP contribution in [0.1, 0.15) is 31.2 Å². The van der Waals surface area contributed by atoms with Crippen LogP contribution >= 0.6 is 23.2 Å². The van der Waals surface area contributed by atoms with Crippen molar-refractivity contribution in [3.63, 3.8) is 0 Å². The van der Waals surface area contributed by atoms with Crippen molar-refractivity contribution in [2.45, 2.75) is 54.8 Å². The van der Waals surface area contributed by atoms with E-state index in [0.29, 0.717) is 22.7 Å². The Hall–Kier alpha value is -2.93. The highest BCUT2D eigenvalue weighted by Crippen LogP contribution is 2.67. The van der Waals surface area contributed by atoms with Gasteiger partial charge in [0.1, 0.15) is 24.0 Å². The van der Waals surface area contributed by atoms with Crippen LogP contribution in [0.25, 0.3) is 0 Å². The predicted molar refractivity (Wildman–Crippen MR) is 162 cm³/mol. The second-order valence-corrected chi connectivity index (χ2v) is 13.1. The number of benzene rings is 1. The maximum absolute atomic E-state index is 16.6. The van der Waals surface area contributed by atoms with Crippen LogP contribution < -0.4 is 21.3 Å². The number of halogens is 6. The fourth-order valence-electron chi connectivity index (χ4n) is 7.55. The maximum atomic E-state index is 16.6. The lowest BCUT2D eigenvalue weighted by Crippen LogP contribution is -2.70. The standard InChI is InChI=1S/C31H34Cl2F4N4O4/c1-17(32)3-2-4-21(37)24-25(27(43)39-19-6-8-23(45-12-19)26(42)38-10-9-34)41-30(13-29(14-30,15-35)16-36)31(24)20-7-5-18(33)11-22(20)40-28(31)44/h2-5,7,11,19,23-25,41H,1,6,8-10,12-16H2,(H,38,42)(H,39,43)(H,40,44)/b3-2-,21-4-/t19-,23+,24+,25-,31-/m1/s1. The molecule has 0 bridgehead atoms. The lowest BCUT2D eigenvalue weighted by molar-refractivity contribution is -0.137. The second-order valence-electron chi connectivity index (χ2n) is 12.2. The van der Waals surface area contributed by atoms with E-state index in [4.69, 9.17) is 27.9 Å². The molecule has 3 heterocycles. The van der Waals surface area contributed by atoms with Gasteiger partial charge >= 0.3 is 0 Å². The van der Waals surface area contributed by atoms with Crippen LogP contribution in [0.15, 0.2) is 53.9 Å². The van der Waals surface area contributed by atoms with Crippen molar-refractivity contribution in [3.05, 3.63) is 64.5 Å². The summed E-state index contributed by atoms with van der Waals surface area (Å²) in [4.78, 5) is 40.3. The first-order valence-corrected chi connectivity index (χ1v) is 15.4. The Morgan fingerprint density at radius 2 is 1.89 bits per heavy atom. The van der Waals surface area contributed by atoms with Crippen molar-refractivity contribution in [1.29, 1.82) is 0 Å². The molecule has 8 nitrogen and oxygen atoms in total. The number of ether oxygens (including phenoxy) is 1. The van der Waals surface area contributed by atoms with Gasteiger partial charge in [0, 0.05) is 33.2 Å². The Morgan fingerprint density at radius 3 is 2.51 bits per heavy atom. The molecular weight excluding hydrogens is 639 g/mol. The second kappa shape index (κ2) is 13.1. The highest BCUT2D eigenvalue weighted by Gasteiger charge is 2.78. The summed E-state index contributed by atoms with van der Waals surface area (Å²) in [5.41, 5.74) is -3.91. The molecule has 3 amide bonds. The number of anilines is 1. The minimum absolute atomic E-state index is 0.0410. The van der Waals surface area contributed by atoms with Gasteiger partial charge in [-0.1, -0.05) is 41.9 Å². The SMILES string of the molecule is C=C(Cl)/C=C\C=C(/F)[C@H]1[C@H](C(=O)N[C@@H]2CC[C@@H](C(=O)NCCF)OC2)NC2(CC(CF)(CF)C2)[C@@]12C(=O)Nc1cc(Cl)ccc12. The summed E-state index contributed by atoms with van der Waals surface area (Å²) in [6, 6.07) is 2.70. The molecule has 3 aliphatic heterocycles. The molecule has 0 radical (unpaired) electrons. The maximum Gasteiger partial charge on any atom is 0.249 e. The molecule has 45 heavy (non-hydrogen) atoms. The number of carbonyl (C=O) groups excluding carboxylic acids is 3. The van der Waals surface area contributed by atoms with Crippen molar-refractivity contribution in [1.82, 2.24) is 16.0 Å². The highest BCUT2D eigenvalue weighted by atomic mass is 35.5. The van der Waals surface area contributed by atoms with E-state index >= 15 is 4.39 Å². The molecule has 2 saturated heterocycles. The molecule has 14 heteroatoms. The summed E-state index contributed by atoms with van der Waals surface area (Å²) < 4.78 is 63.1. The summed E-state index contributed by atoms with van der Waals surface area (Å²) in [5, 5.41) is 11.7. The molecule has 1 aromatic carbocycles. The average Bonchev–Trinajstić information content (AvgIpc) is 3.47. The number of alkyl halides is 3. The molecule has 244 valence electrons. The van der Waals surface area contributed by atoms with E-state index < -0.39 is 84.0 Å². The van der Waals surface area contributed by atoms with Gasteiger partial charge in [-0.3, -0.25) is 28.5 Å². The zero-order valence-corrected chi connectivity index (χ0v) is 25.8.